The van der Waals surface area contributed by atoms with Gasteiger partial charge in [-0.15, -0.1) is 11.8 Å². The van der Waals surface area contributed by atoms with E-state index in [2.05, 4.69) is 0 Å². The summed E-state index contributed by atoms with van der Waals surface area (Å²) in [7, 11) is -4.30. The van der Waals surface area contributed by atoms with Crippen LogP contribution in [0, 0.1) is 0 Å². The molecule has 0 saturated carbocycles. The van der Waals surface area contributed by atoms with Crippen LogP contribution in [0.25, 0.3) is 0 Å². The summed E-state index contributed by atoms with van der Waals surface area (Å²) in [5.74, 6) is 0.481. The van der Waals surface area contributed by atoms with E-state index in [1.54, 1.807) is 6.07 Å². The maximum absolute atomic E-state index is 13.4. The van der Waals surface area contributed by atoms with Crippen molar-refractivity contribution in [2.24, 2.45) is 5.73 Å². The van der Waals surface area contributed by atoms with Gasteiger partial charge in [-0.1, -0.05) is 31.5 Å². The molecule has 164 valence electrons. The molecule has 2 N–H and O–H groups in total. The molecule has 1 aliphatic rings. The Bertz CT molecular complexity index is 1060. The minimum atomic E-state index is -4.68. The first-order chi connectivity index (χ1) is 13.9. The molecule has 0 spiro atoms. The van der Waals surface area contributed by atoms with Crippen LogP contribution in [-0.2, 0) is 21.6 Å². The second-order valence-corrected chi connectivity index (χ2v) is 11.0. The van der Waals surface area contributed by atoms with Crippen molar-refractivity contribution in [1.82, 2.24) is 0 Å². The lowest BCUT2D eigenvalue weighted by Gasteiger charge is -2.33. The van der Waals surface area contributed by atoms with E-state index < -0.39 is 26.7 Å². The van der Waals surface area contributed by atoms with Crippen molar-refractivity contribution in [3.8, 4) is 0 Å². The van der Waals surface area contributed by atoms with Crippen molar-refractivity contribution in [1.29, 1.82) is 0 Å². The normalized spacial score (nSPS) is 15.2. The van der Waals surface area contributed by atoms with Gasteiger partial charge in [0, 0.05) is 17.2 Å². The van der Waals surface area contributed by atoms with Gasteiger partial charge in [-0.25, -0.2) is 8.42 Å². The van der Waals surface area contributed by atoms with Gasteiger partial charge >= 0.3 is 6.18 Å². The summed E-state index contributed by atoms with van der Waals surface area (Å²) in [4.78, 5) is 0.198. The Labute approximate surface area is 183 Å². The van der Waals surface area contributed by atoms with Crippen molar-refractivity contribution in [3.63, 3.8) is 0 Å². The summed E-state index contributed by atoms with van der Waals surface area (Å²) < 4.78 is 67.4. The standard InChI is InChI=1S/C20H22ClF3N2O2S2/c1-19(2,7-8-25)13-4-6-17-16(11-13)26(9-10-29-17)30(27,28)18-12-14(20(22,23)24)3-5-15(18)21/h3-6,11-12H,7-10,25H2,1-2H3. The molecule has 0 bridgehead atoms. The average molecular weight is 479 g/mol. The second-order valence-electron chi connectivity index (χ2n) is 7.67. The number of halogens is 4. The summed E-state index contributed by atoms with van der Waals surface area (Å²) in [5.41, 5.74) is 5.72. The monoisotopic (exact) mass is 478 g/mol. The Balaban J connectivity index is 2.12. The van der Waals surface area contributed by atoms with E-state index in [9.17, 15) is 21.6 Å². The fourth-order valence-electron chi connectivity index (χ4n) is 3.37. The third-order valence-corrected chi connectivity index (χ3v) is 8.49. The number of nitrogens with two attached hydrogens (primary N) is 1. The summed E-state index contributed by atoms with van der Waals surface area (Å²) in [5, 5.41) is -0.248. The molecule has 0 aromatic heterocycles. The molecule has 0 atom stereocenters. The lowest BCUT2D eigenvalue weighted by Crippen LogP contribution is -2.36. The van der Waals surface area contributed by atoms with E-state index >= 15 is 0 Å². The number of rotatable bonds is 5. The molecule has 30 heavy (non-hydrogen) atoms. The van der Waals surface area contributed by atoms with E-state index in [4.69, 9.17) is 17.3 Å². The van der Waals surface area contributed by atoms with Crippen LogP contribution < -0.4 is 10.0 Å². The van der Waals surface area contributed by atoms with Gasteiger partial charge in [0.25, 0.3) is 10.0 Å². The topological polar surface area (TPSA) is 63.4 Å². The molecule has 0 aliphatic carbocycles. The number of fused-ring (bicyclic) bond motifs is 1. The predicted octanol–water partition coefficient (Wildman–Crippen LogP) is 5.29. The van der Waals surface area contributed by atoms with Gasteiger partial charge in [0.2, 0.25) is 0 Å². The van der Waals surface area contributed by atoms with E-state index in [-0.39, 0.29) is 17.0 Å². The summed E-state index contributed by atoms with van der Waals surface area (Å²) in [6.07, 6.45) is -3.98. The van der Waals surface area contributed by atoms with Crippen molar-refractivity contribution in [2.75, 3.05) is 23.1 Å². The highest BCUT2D eigenvalue weighted by Crippen LogP contribution is 2.42. The molecular weight excluding hydrogens is 457 g/mol. The third-order valence-electron chi connectivity index (χ3n) is 5.16. The highest BCUT2D eigenvalue weighted by atomic mass is 35.5. The van der Waals surface area contributed by atoms with Gasteiger partial charge < -0.3 is 5.73 Å². The lowest BCUT2D eigenvalue weighted by molar-refractivity contribution is -0.137. The Hall–Kier alpha value is -1.42. The van der Waals surface area contributed by atoms with Gasteiger partial charge in [0.15, 0.2) is 0 Å². The second kappa shape index (κ2) is 8.26. The largest absolute Gasteiger partial charge is 0.416 e. The Morgan fingerprint density at radius 2 is 1.80 bits per heavy atom. The molecule has 0 radical (unpaired) electrons. The van der Waals surface area contributed by atoms with Crippen LogP contribution in [-0.4, -0.2) is 27.3 Å². The first kappa shape index (κ1) is 23.2. The molecule has 4 nitrogen and oxygen atoms in total. The van der Waals surface area contributed by atoms with Crippen LogP contribution in [0.2, 0.25) is 5.02 Å². The average Bonchev–Trinajstić information content (AvgIpc) is 2.66. The molecule has 10 heteroatoms. The molecule has 3 rings (SSSR count). The molecule has 1 heterocycles. The Morgan fingerprint density at radius 3 is 2.43 bits per heavy atom. The molecule has 0 unspecified atom stereocenters. The fourth-order valence-corrected chi connectivity index (χ4v) is 6.49. The number of hydrogen-bond donors (Lipinski definition) is 1. The maximum Gasteiger partial charge on any atom is 0.416 e. The minimum absolute atomic E-state index is 0.132. The van der Waals surface area contributed by atoms with Crippen molar-refractivity contribution in [2.45, 2.75) is 41.7 Å². The van der Waals surface area contributed by atoms with E-state index in [1.807, 2.05) is 26.0 Å². The lowest BCUT2D eigenvalue weighted by atomic mass is 9.81. The summed E-state index contributed by atoms with van der Waals surface area (Å²) in [6, 6.07) is 7.92. The molecule has 0 amide bonds. The first-order valence-corrected chi connectivity index (χ1v) is 12.1. The quantitative estimate of drug-likeness (QED) is 0.634. The van der Waals surface area contributed by atoms with E-state index in [0.717, 1.165) is 26.9 Å². The van der Waals surface area contributed by atoms with Crippen LogP contribution in [0.4, 0.5) is 18.9 Å². The van der Waals surface area contributed by atoms with Gasteiger partial charge in [0.05, 0.1) is 16.3 Å². The van der Waals surface area contributed by atoms with Crippen LogP contribution in [0.3, 0.4) is 0 Å². The first-order valence-electron chi connectivity index (χ1n) is 9.25. The van der Waals surface area contributed by atoms with Crippen molar-refractivity contribution >= 4 is 39.1 Å². The number of sulfonamides is 1. The zero-order valence-electron chi connectivity index (χ0n) is 16.5. The van der Waals surface area contributed by atoms with Crippen LogP contribution in [0.15, 0.2) is 46.2 Å². The smallest absolute Gasteiger partial charge is 0.330 e. The van der Waals surface area contributed by atoms with Crippen LogP contribution in [0.1, 0.15) is 31.4 Å². The van der Waals surface area contributed by atoms with Crippen LogP contribution in [0.5, 0.6) is 0 Å². The Morgan fingerprint density at radius 1 is 1.13 bits per heavy atom. The molecule has 2 aromatic carbocycles. The van der Waals surface area contributed by atoms with E-state index in [0.29, 0.717) is 30.5 Å². The zero-order chi connectivity index (χ0) is 22.3. The fraction of sp³-hybridized carbons (Fsp3) is 0.400. The molecule has 0 saturated heterocycles. The van der Waals surface area contributed by atoms with E-state index in [1.165, 1.54) is 11.8 Å². The van der Waals surface area contributed by atoms with Gasteiger partial charge in [-0.3, -0.25) is 4.31 Å². The van der Waals surface area contributed by atoms with Gasteiger partial charge in [-0.05, 0) is 54.3 Å². The third kappa shape index (κ3) is 4.44. The highest BCUT2D eigenvalue weighted by molar-refractivity contribution is 8.00. The van der Waals surface area contributed by atoms with Gasteiger partial charge in [-0.2, -0.15) is 13.2 Å². The highest BCUT2D eigenvalue weighted by Gasteiger charge is 2.36. The predicted molar refractivity (Wildman–Crippen MR) is 115 cm³/mol. The number of hydrogen-bond acceptors (Lipinski definition) is 4. The zero-order valence-corrected chi connectivity index (χ0v) is 18.9. The van der Waals surface area contributed by atoms with Gasteiger partial charge in [0.1, 0.15) is 4.90 Å². The SMILES string of the molecule is CC(C)(CCN)c1ccc2c(c1)N(S(=O)(=O)c1cc(C(F)(F)F)ccc1Cl)CCS2. The van der Waals surface area contributed by atoms with Crippen LogP contribution >= 0.6 is 23.4 Å². The number of nitrogens with zero attached hydrogens (tertiary/aromatic N) is 1. The van der Waals surface area contributed by atoms with Crippen molar-refractivity contribution in [3.05, 3.63) is 52.5 Å². The molecular formula is C20H22ClF3N2O2S2. The number of anilines is 1. The minimum Gasteiger partial charge on any atom is -0.330 e. The Kier molecular flexibility index (Phi) is 6.40. The number of thioether (sulfide) groups is 1. The molecule has 1 aliphatic heterocycles. The molecule has 0 fully saturated rings. The number of benzene rings is 2. The number of alkyl halides is 3. The maximum atomic E-state index is 13.4. The summed E-state index contributed by atoms with van der Waals surface area (Å²) in [6.45, 7) is 4.63. The molecule has 2 aromatic rings. The summed E-state index contributed by atoms with van der Waals surface area (Å²) >= 11 is 7.53. The van der Waals surface area contributed by atoms with Crippen molar-refractivity contribution < 1.29 is 21.6 Å².